The first-order chi connectivity index (χ1) is 7.54. The highest BCUT2D eigenvalue weighted by Crippen LogP contribution is 2.37. The standard InChI is InChI=1S/C13H15FN2/c1-13(2)7-10(8-15)9-16(13)12-6-4-3-5-11(12)14/h3-6,10H,7,9H2,1-2H3. The molecular formula is C13H15FN2. The molecular weight excluding hydrogens is 203 g/mol. The lowest BCUT2D eigenvalue weighted by atomic mass is 9.97. The van der Waals surface area contributed by atoms with Crippen molar-refractivity contribution < 1.29 is 4.39 Å². The maximum atomic E-state index is 13.7. The molecule has 2 rings (SSSR count). The number of halogens is 1. The predicted molar refractivity (Wildman–Crippen MR) is 61.5 cm³/mol. The van der Waals surface area contributed by atoms with Gasteiger partial charge >= 0.3 is 0 Å². The van der Waals surface area contributed by atoms with Crippen molar-refractivity contribution in [2.24, 2.45) is 5.92 Å². The molecule has 1 heterocycles. The first-order valence-corrected chi connectivity index (χ1v) is 5.46. The van der Waals surface area contributed by atoms with Crippen LogP contribution in [0.2, 0.25) is 0 Å². The zero-order valence-electron chi connectivity index (χ0n) is 9.57. The molecule has 16 heavy (non-hydrogen) atoms. The number of nitriles is 1. The topological polar surface area (TPSA) is 27.0 Å². The van der Waals surface area contributed by atoms with Crippen molar-refractivity contribution in [2.45, 2.75) is 25.8 Å². The summed E-state index contributed by atoms with van der Waals surface area (Å²) in [6.07, 6.45) is 0.790. The Morgan fingerprint density at radius 1 is 1.44 bits per heavy atom. The van der Waals surface area contributed by atoms with Crippen LogP contribution in [0.25, 0.3) is 0 Å². The molecule has 1 aromatic carbocycles. The van der Waals surface area contributed by atoms with Crippen molar-refractivity contribution in [2.75, 3.05) is 11.4 Å². The Labute approximate surface area is 95.3 Å². The van der Waals surface area contributed by atoms with Gasteiger partial charge in [0.05, 0.1) is 17.7 Å². The Morgan fingerprint density at radius 3 is 2.69 bits per heavy atom. The lowest BCUT2D eigenvalue weighted by molar-refractivity contribution is 0.495. The van der Waals surface area contributed by atoms with Gasteiger partial charge in [-0.25, -0.2) is 4.39 Å². The normalized spacial score (nSPS) is 23.1. The number of benzene rings is 1. The second kappa shape index (κ2) is 3.79. The first kappa shape index (κ1) is 10.9. The molecule has 84 valence electrons. The molecule has 0 radical (unpaired) electrons. The second-order valence-corrected chi connectivity index (χ2v) is 4.90. The molecule has 1 aromatic rings. The van der Waals surface area contributed by atoms with Gasteiger partial charge < -0.3 is 4.90 Å². The summed E-state index contributed by atoms with van der Waals surface area (Å²) in [5, 5.41) is 8.96. The summed E-state index contributed by atoms with van der Waals surface area (Å²) in [5.74, 6) is -0.219. The Bertz CT molecular complexity index is 434. The molecule has 0 aliphatic carbocycles. The van der Waals surface area contributed by atoms with Gasteiger partial charge in [0.1, 0.15) is 5.82 Å². The van der Waals surface area contributed by atoms with Gasteiger partial charge in [0.15, 0.2) is 0 Å². The van der Waals surface area contributed by atoms with Gasteiger partial charge in [0, 0.05) is 12.1 Å². The van der Waals surface area contributed by atoms with Crippen molar-refractivity contribution in [3.8, 4) is 6.07 Å². The summed E-state index contributed by atoms with van der Waals surface area (Å²) in [5.41, 5.74) is 0.452. The van der Waals surface area contributed by atoms with Crippen LogP contribution in [-0.2, 0) is 0 Å². The minimum atomic E-state index is -0.214. The molecule has 1 fully saturated rings. The lowest BCUT2D eigenvalue weighted by Gasteiger charge is -2.33. The van der Waals surface area contributed by atoms with Crippen LogP contribution in [-0.4, -0.2) is 12.1 Å². The van der Waals surface area contributed by atoms with Crippen LogP contribution in [0.5, 0.6) is 0 Å². The molecule has 1 aliphatic heterocycles. The lowest BCUT2D eigenvalue weighted by Crippen LogP contribution is -2.38. The molecule has 0 amide bonds. The van der Waals surface area contributed by atoms with Crippen LogP contribution in [0, 0.1) is 23.1 Å². The summed E-state index contributed by atoms with van der Waals surface area (Å²) >= 11 is 0. The van der Waals surface area contributed by atoms with Gasteiger partial charge in [-0.2, -0.15) is 5.26 Å². The maximum Gasteiger partial charge on any atom is 0.146 e. The van der Waals surface area contributed by atoms with Crippen molar-refractivity contribution >= 4 is 5.69 Å². The SMILES string of the molecule is CC1(C)CC(C#N)CN1c1ccccc1F. The molecule has 1 saturated heterocycles. The maximum absolute atomic E-state index is 13.7. The highest BCUT2D eigenvalue weighted by atomic mass is 19.1. The number of nitrogens with zero attached hydrogens (tertiary/aromatic N) is 2. The fourth-order valence-electron chi connectivity index (χ4n) is 2.43. The average molecular weight is 218 g/mol. The summed E-state index contributed by atoms with van der Waals surface area (Å²) in [4.78, 5) is 2.00. The van der Waals surface area contributed by atoms with E-state index in [-0.39, 0.29) is 17.3 Å². The minimum Gasteiger partial charge on any atom is -0.363 e. The Hall–Kier alpha value is -1.56. The van der Waals surface area contributed by atoms with Gasteiger partial charge in [0.25, 0.3) is 0 Å². The molecule has 1 atom stereocenters. The van der Waals surface area contributed by atoms with E-state index in [1.165, 1.54) is 6.07 Å². The smallest absolute Gasteiger partial charge is 0.146 e. The Kier molecular flexibility index (Phi) is 2.59. The second-order valence-electron chi connectivity index (χ2n) is 4.90. The van der Waals surface area contributed by atoms with Crippen LogP contribution in [0.15, 0.2) is 24.3 Å². The van der Waals surface area contributed by atoms with Gasteiger partial charge in [-0.05, 0) is 32.4 Å². The zero-order valence-corrected chi connectivity index (χ0v) is 9.57. The third-order valence-electron chi connectivity index (χ3n) is 3.21. The average Bonchev–Trinajstić information content (AvgIpc) is 2.54. The van der Waals surface area contributed by atoms with Crippen LogP contribution in [0.4, 0.5) is 10.1 Å². The summed E-state index contributed by atoms with van der Waals surface area (Å²) in [6, 6.07) is 9.02. The van der Waals surface area contributed by atoms with Gasteiger partial charge in [-0.15, -0.1) is 0 Å². The zero-order chi connectivity index (χ0) is 11.8. The summed E-state index contributed by atoms with van der Waals surface area (Å²) in [7, 11) is 0. The quantitative estimate of drug-likeness (QED) is 0.724. The molecule has 0 N–H and O–H groups in total. The van der Waals surface area contributed by atoms with E-state index in [9.17, 15) is 4.39 Å². The van der Waals surface area contributed by atoms with E-state index in [0.29, 0.717) is 12.2 Å². The third kappa shape index (κ3) is 1.76. The molecule has 0 aromatic heterocycles. The van der Waals surface area contributed by atoms with Crippen LogP contribution in [0.3, 0.4) is 0 Å². The number of hydrogen-bond acceptors (Lipinski definition) is 2. The highest BCUT2D eigenvalue weighted by molar-refractivity contribution is 5.51. The van der Waals surface area contributed by atoms with Crippen LogP contribution in [0.1, 0.15) is 20.3 Å². The third-order valence-corrected chi connectivity index (χ3v) is 3.21. The Morgan fingerprint density at radius 2 is 2.12 bits per heavy atom. The molecule has 0 saturated carbocycles. The fourth-order valence-corrected chi connectivity index (χ4v) is 2.43. The number of hydrogen-bond donors (Lipinski definition) is 0. The first-order valence-electron chi connectivity index (χ1n) is 5.46. The molecule has 1 aliphatic rings. The van der Waals surface area contributed by atoms with Crippen LogP contribution < -0.4 is 4.90 Å². The molecule has 0 spiro atoms. The number of para-hydroxylation sites is 1. The highest BCUT2D eigenvalue weighted by Gasteiger charge is 2.39. The van der Waals surface area contributed by atoms with Crippen molar-refractivity contribution in [1.82, 2.24) is 0 Å². The summed E-state index contributed by atoms with van der Waals surface area (Å²) in [6.45, 7) is 4.72. The van der Waals surface area contributed by atoms with Crippen LogP contribution >= 0.6 is 0 Å². The minimum absolute atomic E-state index is 0.00499. The van der Waals surface area contributed by atoms with Gasteiger partial charge in [-0.1, -0.05) is 12.1 Å². The van der Waals surface area contributed by atoms with E-state index in [0.717, 1.165) is 6.42 Å². The van der Waals surface area contributed by atoms with Crippen molar-refractivity contribution in [3.63, 3.8) is 0 Å². The van der Waals surface area contributed by atoms with Crippen molar-refractivity contribution in [3.05, 3.63) is 30.1 Å². The Balaban J connectivity index is 2.35. The van der Waals surface area contributed by atoms with Gasteiger partial charge in [0.2, 0.25) is 0 Å². The van der Waals surface area contributed by atoms with E-state index >= 15 is 0 Å². The fraction of sp³-hybridized carbons (Fsp3) is 0.462. The molecule has 3 heteroatoms. The van der Waals surface area contributed by atoms with E-state index in [4.69, 9.17) is 5.26 Å². The molecule has 0 bridgehead atoms. The summed E-state index contributed by atoms with van der Waals surface area (Å²) < 4.78 is 13.7. The number of anilines is 1. The van der Waals surface area contributed by atoms with E-state index in [2.05, 4.69) is 19.9 Å². The predicted octanol–water partition coefficient (Wildman–Crippen LogP) is 2.95. The van der Waals surface area contributed by atoms with E-state index in [1.54, 1.807) is 12.1 Å². The van der Waals surface area contributed by atoms with E-state index in [1.807, 2.05) is 11.0 Å². The number of rotatable bonds is 1. The van der Waals surface area contributed by atoms with E-state index < -0.39 is 0 Å². The monoisotopic (exact) mass is 218 g/mol. The molecule has 2 nitrogen and oxygen atoms in total. The largest absolute Gasteiger partial charge is 0.363 e. The van der Waals surface area contributed by atoms with Crippen molar-refractivity contribution in [1.29, 1.82) is 5.26 Å². The molecule has 1 unspecified atom stereocenters. The van der Waals surface area contributed by atoms with Gasteiger partial charge in [-0.3, -0.25) is 0 Å².